The Morgan fingerprint density at radius 1 is 0.333 bits per heavy atom. The van der Waals surface area contributed by atoms with Crippen LogP contribution in [0.3, 0.4) is 0 Å². The van der Waals surface area contributed by atoms with Crippen LogP contribution in [0.15, 0.2) is 283 Å². The molecule has 0 aliphatic carbocycles. The molecule has 0 radical (unpaired) electrons. The molecule has 4 aromatic heterocycles. The molecule has 0 saturated heterocycles. The van der Waals surface area contributed by atoms with E-state index in [0.29, 0.717) is 0 Å². The molecule has 78 heavy (non-hydrogen) atoms. The number of aromatic nitrogens is 2. The molecular weight excluding hydrogens is 981 g/mol. The van der Waals surface area contributed by atoms with Crippen LogP contribution in [0.25, 0.3) is 119 Å². The van der Waals surface area contributed by atoms with Crippen molar-refractivity contribution in [2.45, 2.75) is 6.04 Å². The largest absolute Gasteiger partial charge is 0.456 e. The zero-order valence-corrected chi connectivity index (χ0v) is 44.3. The lowest BCUT2D eigenvalue weighted by Crippen LogP contribution is -2.69. The number of nitrogens with zero attached hydrogens (tertiary/aromatic N) is 2. The van der Waals surface area contributed by atoms with Gasteiger partial charge in [-0.15, -0.1) is 11.3 Å². The number of furan rings is 1. The van der Waals surface area contributed by atoms with Crippen molar-refractivity contribution in [3.8, 4) is 33.6 Å². The van der Waals surface area contributed by atoms with Crippen molar-refractivity contribution in [1.82, 2.24) is 9.13 Å². The smallest absolute Gasteiger partial charge is 0.154 e. The minimum Gasteiger partial charge on any atom is -0.456 e. The van der Waals surface area contributed by atoms with Gasteiger partial charge in [-0.25, -0.2) is 0 Å². The summed E-state index contributed by atoms with van der Waals surface area (Å²) >= 11 is 1.95. The first kappa shape index (κ1) is 44.7. The summed E-state index contributed by atoms with van der Waals surface area (Å²) < 4.78 is 14.5. The van der Waals surface area contributed by atoms with Crippen LogP contribution >= 0.6 is 11.3 Å². The summed E-state index contributed by atoms with van der Waals surface area (Å²) in [6.45, 7) is 0. The average molecular weight is 1030 g/mol. The van der Waals surface area contributed by atoms with Crippen molar-refractivity contribution < 1.29 is 4.42 Å². The second kappa shape index (κ2) is 17.8. The van der Waals surface area contributed by atoms with Crippen LogP contribution in [0, 0.1) is 0 Å². The highest BCUT2D eigenvalue weighted by Gasteiger charge is 2.42. The fraction of sp³-hybridized carbons (Fsp3) is 0.0137. The molecule has 0 amide bonds. The van der Waals surface area contributed by atoms with E-state index in [1.54, 1.807) is 0 Å². The second-order valence-corrected chi connectivity index (χ2v) is 25.6. The van der Waals surface area contributed by atoms with Gasteiger partial charge in [0.05, 0.1) is 38.8 Å². The Hall–Kier alpha value is -9.52. The molecule has 0 spiro atoms. The Bertz CT molecular complexity index is 4970. The monoisotopic (exact) mass is 1030 g/mol. The van der Waals surface area contributed by atoms with Gasteiger partial charge in [0.1, 0.15) is 11.2 Å². The minimum atomic E-state index is -2.87. The highest BCUT2D eigenvalue weighted by Crippen LogP contribution is 2.44. The van der Waals surface area contributed by atoms with Gasteiger partial charge in [0.2, 0.25) is 0 Å². The van der Waals surface area contributed by atoms with E-state index >= 15 is 0 Å². The van der Waals surface area contributed by atoms with Crippen molar-refractivity contribution in [2.75, 3.05) is 0 Å². The van der Waals surface area contributed by atoms with Gasteiger partial charge in [0.25, 0.3) is 0 Å². The van der Waals surface area contributed by atoms with Gasteiger partial charge in [-0.3, -0.25) is 0 Å². The van der Waals surface area contributed by atoms with E-state index in [-0.39, 0.29) is 0 Å². The van der Waals surface area contributed by atoms with Crippen LogP contribution in [-0.2, 0) is 6.04 Å². The minimum absolute atomic E-state index is 0.865. The number of hydrogen-bond acceptors (Lipinski definition) is 2. The van der Waals surface area contributed by atoms with E-state index in [1.807, 2.05) is 11.3 Å². The normalized spacial score (nSPS) is 12.2. The van der Waals surface area contributed by atoms with Gasteiger partial charge >= 0.3 is 0 Å². The molecule has 0 unspecified atom stereocenters. The van der Waals surface area contributed by atoms with Gasteiger partial charge in [-0.05, 0) is 116 Å². The van der Waals surface area contributed by atoms with Crippen molar-refractivity contribution in [2.24, 2.45) is 0 Å². The van der Waals surface area contributed by atoms with Crippen LogP contribution in [0.2, 0.25) is 0 Å². The second-order valence-electron chi connectivity index (χ2n) is 20.7. The van der Waals surface area contributed by atoms with Crippen LogP contribution in [0.1, 0.15) is 5.56 Å². The van der Waals surface area contributed by atoms with E-state index in [9.17, 15) is 0 Å². The maximum Gasteiger partial charge on any atom is 0.154 e. The topological polar surface area (TPSA) is 23.0 Å². The molecule has 0 atom stereocenters. The van der Waals surface area contributed by atoms with Gasteiger partial charge in [0.15, 0.2) is 8.07 Å². The maximum absolute atomic E-state index is 6.73. The molecule has 5 heteroatoms. The van der Waals surface area contributed by atoms with Gasteiger partial charge in [-0.2, -0.15) is 0 Å². The van der Waals surface area contributed by atoms with E-state index in [1.165, 1.54) is 90.6 Å². The number of rotatable bonds is 9. The summed E-state index contributed by atoms with van der Waals surface area (Å²) in [5.74, 6) is 0. The summed E-state index contributed by atoms with van der Waals surface area (Å²) in [7, 11) is -2.87. The van der Waals surface area contributed by atoms with Crippen LogP contribution < -0.4 is 15.6 Å². The molecule has 0 fully saturated rings. The first-order chi connectivity index (χ1) is 38.7. The standard InChI is InChI=1S/C73H48N2OSSi/c1-4-21-48(22-5-1)49-23-16-24-50(45-49)51-43-44-66-59(46-51)72-65(39-20-40-67(72)76-66)75-61-35-14-11-32-58(61)71-63(37-19-38-64(71)75)74-60-34-13-10-31-57(60)70-52(25-17-36-62(70)74)47-78(53-26-6-2-7-27-53,54-28-8-3-9-29-54)69-42-18-33-56-55-30-12-15-41-68(55)77-73(56)69/h1-46H,47H2. The molecule has 16 rings (SSSR count). The van der Waals surface area contributed by atoms with Gasteiger partial charge in [0, 0.05) is 47.1 Å². The Morgan fingerprint density at radius 2 is 0.846 bits per heavy atom. The molecule has 366 valence electrons. The SMILES string of the molecule is c1ccc(-c2cccc(-c3ccc4oc5cccc(-n6c7ccccc7c7c(-n8c9ccccc9c9c(C[Si](c%10ccccc%10)(c%10ccccc%10)c%10cccc%11c%10sc%10ccccc%10%11)cccc98)cccc76)c5c4c3)c2)cc1. The predicted octanol–water partition coefficient (Wildman–Crippen LogP) is 17.7. The highest BCUT2D eigenvalue weighted by molar-refractivity contribution is 7.29. The first-order valence-corrected chi connectivity index (χ1v) is 29.9. The third-order valence-electron chi connectivity index (χ3n) is 16.6. The Balaban J connectivity index is 0.918. The summed E-state index contributed by atoms with van der Waals surface area (Å²) in [5, 5.41) is 14.1. The van der Waals surface area contributed by atoms with E-state index in [0.717, 1.165) is 56.0 Å². The van der Waals surface area contributed by atoms with Crippen LogP contribution in [0.5, 0.6) is 0 Å². The molecule has 4 heterocycles. The Morgan fingerprint density at radius 3 is 1.58 bits per heavy atom. The molecule has 0 N–H and O–H groups in total. The van der Waals surface area contributed by atoms with Crippen LogP contribution in [-0.4, -0.2) is 17.2 Å². The lowest BCUT2D eigenvalue weighted by Gasteiger charge is -2.34. The summed E-state index contributed by atoms with van der Waals surface area (Å²) in [4.78, 5) is 0. The predicted molar refractivity (Wildman–Crippen MR) is 334 cm³/mol. The molecule has 0 bridgehead atoms. The molecular formula is C73H48N2OSSi. The molecule has 16 aromatic rings. The molecule has 12 aromatic carbocycles. The Kier molecular flexibility index (Phi) is 10.2. The van der Waals surface area contributed by atoms with Gasteiger partial charge < -0.3 is 13.6 Å². The maximum atomic E-state index is 6.73. The lowest BCUT2D eigenvalue weighted by atomic mass is 9.98. The van der Waals surface area contributed by atoms with Crippen molar-refractivity contribution in [3.63, 3.8) is 0 Å². The number of benzene rings is 12. The summed E-state index contributed by atoms with van der Waals surface area (Å²) in [5.41, 5.74) is 14.7. The zero-order valence-electron chi connectivity index (χ0n) is 42.5. The number of fused-ring (bicyclic) bond motifs is 12. The van der Waals surface area contributed by atoms with Gasteiger partial charge in [-0.1, -0.05) is 212 Å². The fourth-order valence-electron chi connectivity index (χ4n) is 13.2. The number of thiophene rings is 1. The summed E-state index contributed by atoms with van der Waals surface area (Å²) in [6, 6.07) is 104. The molecule has 0 aliphatic heterocycles. The highest BCUT2D eigenvalue weighted by atomic mass is 32.1. The third kappa shape index (κ3) is 6.75. The molecule has 0 saturated carbocycles. The Labute approximate surface area is 455 Å². The lowest BCUT2D eigenvalue weighted by molar-refractivity contribution is 0.669. The van der Waals surface area contributed by atoms with Crippen LogP contribution in [0.4, 0.5) is 0 Å². The van der Waals surface area contributed by atoms with E-state index < -0.39 is 8.07 Å². The first-order valence-electron chi connectivity index (χ1n) is 26.9. The van der Waals surface area contributed by atoms with E-state index in [4.69, 9.17) is 4.42 Å². The van der Waals surface area contributed by atoms with Crippen molar-refractivity contribution >= 4 is 121 Å². The number of para-hydroxylation sites is 2. The molecule has 3 nitrogen and oxygen atoms in total. The van der Waals surface area contributed by atoms with Crippen molar-refractivity contribution in [3.05, 3.63) is 285 Å². The number of hydrogen-bond donors (Lipinski definition) is 0. The van der Waals surface area contributed by atoms with Crippen molar-refractivity contribution in [1.29, 1.82) is 0 Å². The molecule has 0 aliphatic rings. The summed E-state index contributed by atoms with van der Waals surface area (Å²) in [6.07, 6.45) is 0. The quantitative estimate of drug-likeness (QED) is 0.104. The average Bonchev–Trinajstić information content (AvgIpc) is 4.16. The zero-order chi connectivity index (χ0) is 51.3. The van der Waals surface area contributed by atoms with E-state index in [2.05, 4.69) is 288 Å². The third-order valence-corrected chi connectivity index (χ3v) is 22.9. The fourth-order valence-corrected chi connectivity index (χ4v) is 19.9.